The molecule has 1 saturated heterocycles. The molecule has 0 bridgehead atoms. The van der Waals surface area contributed by atoms with Crippen LogP contribution in [0.15, 0.2) is 30.6 Å². The monoisotopic (exact) mass is 311 g/mol. The quantitative estimate of drug-likeness (QED) is 0.800. The van der Waals surface area contributed by atoms with E-state index in [1.807, 2.05) is 24.3 Å². The molecule has 0 unspecified atom stereocenters. The Balaban J connectivity index is 0.00000147. The number of fused-ring (bicyclic) bond motifs is 1. The van der Waals surface area contributed by atoms with Crippen molar-refractivity contribution in [1.82, 2.24) is 9.97 Å². The van der Waals surface area contributed by atoms with Gasteiger partial charge >= 0.3 is 0 Å². The number of nitrogens with zero attached hydrogens (tertiary/aromatic N) is 3. The van der Waals surface area contributed by atoms with Gasteiger partial charge in [-0.2, -0.15) is 0 Å². The molecule has 4 nitrogen and oxygen atoms in total. The molecule has 1 aliphatic heterocycles. The second kappa shape index (κ2) is 6.37. The predicted octanol–water partition coefficient (Wildman–Crippen LogP) is 3.03. The van der Waals surface area contributed by atoms with Gasteiger partial charge in [0.2, 0.25) is 5.24 Å². The van der Waals surface area contributed by atoms with Gasteiger partial charge in [-0.25, -0.2) is 9.97 Å². The lowest BCUT2D eigenvalue weighted by molar-refractivity contribution is -0.115. The Morgan fingerprint density at radius 3 is 2.60 bits per heavy atom. The predicted molar refractivity (Wildman–Crippen MR) is 82.6 cm³/mol. The Bertz CT molecular complexity index is 607. The van der Waals surface area contributed by atoms with Crippen LogP contribution in [0.25, 0.3) is 10.9 Å². The lowest BCUT2D eigenvalue weighted by atomic mass is 9.98. The fourth-order valence-electron chi connectivity index (χ4n) is 2.56. The first-order valence-corrected chi connectivity index (χ1v) is 6.77. The summed E-state index contributed by atoms with van der Waals surface area (Å²) in [7, 11) is 0. The third-order valence-corrected chi connectivity index (χ3v) is 3.95. The number of piperidine rings is 1. The minimum atomic E-state index is -0.216. The summed E-state index contributed by atoms with van der Waals surface area (Å²) >= 11 is 5.56. The van der Waals surface area contributed by atoms with E-state index in [1.54, 1.807) is 6.33 Å². The lowest BCUT2D eigenvalue weighted by Crippen LogP contribution is -2.36. The van der Waals surface area contributed by atoms with Crippen LogP contribution in [0.2, 0.25) is 0 Å². The SMILES string of the molecule is Cl.O=C(Cl)C1CCN(c2ncnc3ccccc23)CC1. The van der Waals surface area contributed by atoms with Gasteiger partial charge in [0.15, 0.2) is 0 Å². The van der Waals surface area contributed by atoms with E-state index < -0.39 is 0 Å². The van der Waals surface area contributed by atoms with Crippen LogP contribution >= 0.6 is 24.0 Å². The van der Waals surface area contributed by atoms with Gasteiger partial charge in [0, 0.05) is 24.4 Å². The summed E-state index contributed by atoms with van der Waals surface area (Å²) in [6.45, 7) is 1.62. The second-order valence-corrected chi connectivity index (χ2v) is 5.15. The van der Waals surface area contributed by atoms with Crippen LogP contribution in [-0.2, 0) is 4.79 Å². The van der Waals surface area contributed by atoms with Crippen molar-refractivity contribution in [2.75, 3.05) is 18.0 Å². The van der Waals surface area contributed by atoms with E-state index >= 15 is 0 Å². The first-order chi connectivity index (χ1) is 9.25. The molecule has 0 N–H and O–H groups in total. The van der Waals surface area contributed by atoms with Crippen LogP contribution in [0.3, 0.4) is 0 Å². The molecule has 2 aromatic rings. The van der Waals surface area contributed by atoms with Crippen molar-refractivity contribution in [3.8, 4) is 0 Å². The fraction of sp³-hybridized carbons (Fsp3) is 0.357. The molecule has 20 heavy (non-hydrogen) atoms. The third kappa shape index (κ3) is 2.86. The highest BCUT2D eigenvalue weighted by atomic mass is 35.5. The maximum atomic E-state index is 11.2. The number of carbonyl (C=O) groups excluding carboxylic acids is 1. The number of carbonyl (C=O) groups is 1. The molecule has 6 heteroatoms. The Kier molecular flexibility index (Phi) is 4.78. The van der Waals surface area contributed by atoms with Gasteiger partial charge in [-0.15, -0.1) is 12.4 Å². The summed E-state index contributed by atoms with van der Waals surface area (Å²) in [5.41, 5.74) is 0.947. The molecule has 106 valence electrons. The van der Waals surface area contributed by atoms with Crippen molar-refractivity contribution in [3.63, 3.8) is 0 Å². The number of para-hydroxylation sites is 1. The van der Waals surface area contributed by atoms with Crippen molar-refractivity contribution >= 4 is 46.0 Å². The molecule has 0 amide bonds. The number of rotatable bonds is 2. The highest BCUT2D eigenvalue weighted by molar-refractivity contribution is 6.64. The molecule has 1 fully saturated rings. The zero-order valence-electron chi connectivity index (χ0n) is 10.8. The standard InChI is InChI=1S/C14H14ClN3O.ClH/c15-13(19)10-5-7-18(8-6-10)14-11-3-1-2-4-12(11)16-9-17-14;/h1-4,9-10H,5-8H2;1H. The van der Waals surface area contributed by atoms with Gasteiger partial charge in [0.1, 0.15) is 12.1 Å². The van der Waals surface area contributed by atoms with E-state index in [0.29, 0.717) is 0 Å². The van der Waals surface area contributed by atoms with Gasteiger partial charge in [0.05, 0.1) is 5.52 Å². The van der Waals surface area contributed by atoms with Crippen molar-refractivity contribution in [3.05, 3.63) is 30.6 Å². The van der Waals surface area contributed by atoms with Crippen LogP contribution in [-0.4, -0.2) is 28.3 Å². The Hall–Kier alpha value is -1.39. The highest BCUT2D eigenvalue weighted by Gasteiger charge is 2.25. The van der Waals surface area contributed by atoms with Gasteiger partial charge < -0.3 is 4.90 Å². The van der Waals surface area contributed by atoms with E-state index in [-0.39, 0.29) is 23.6 Å². The maximum Gasteiger partial charge on any atom is 0.224 e. The first kappa shape index (κ1) is 15.0. The van der Waals surface area contributed by atoms with Crippen LogP contribution in [0, 0.1) is 5.92 Å². The van der Waals surface area contributed by atoms with Crippen LogP contribution < -0.4 is 4.90 Å². The van der Waals surface area contributed by atoms with Crippen molar-refractivity contribution in [2.24, 2.45) is 5.92 Å². The zero-order valence-corrected chi connectivity index (χ0v) is 12.4. The molecule has 0 spiro atoms. The Morgan fingerprint density at radius 2 is 1.90 bits per heavy atom. The molecule has 0 saturated carbocycles. The van der Waals surface area contributed by atoms with Crippen LogP contribution in [0.1, 0.15) is 12.8 Å². The van der Waals surface area contributed by atoms with Gasteiger partial charge in [-0.3, -0.25) is 4.79 Å². The average molecular weight is 312 g/mol. The first-order valence-electron chi connectivity index (χ1n) is 6.40. The molecule has 1 aromatic carbocycles. The number of hydrogen-bond donors (Lipinski definition) is 0. The van der Waals surface area contributed by atoms with Crippen molar-refractivity contribution in [1.29, 1.82) is 0 Å². The van der Waals surface area contributed by atoms with Crippen molar-refractivity contribution < 1.29 is 4.79 Å². The van der Waals surface area contributed by atoms with Gasteiger partial charge in [-0.05, 0) is 36.6 Å². The third-order valence-electron chi connectivity index (χ3n) is 3.64. The summed E-state index contributed by atoms with van der Waals surface area (Å²) in [4.78, 5) is 22.0. The number of hydrogen-bond acceptors (Lipinski definition) is 4. The van der Waals surface area contributed by atoms with Gasteiger partial charge in [-0.1, -0.05) is 12.1 Å². The maximum absolute atomic E-state index is 11.2. The fourth-order valence-corrected chi connectivity index (χ4v) is 2.78. The molecule has 0 atom stereocenters. The zero-order chi connectivity index (χ0) is 13.2. The van der Waals surface area contributed by atoms with Crippen LogP contribution in [0.5, 0.6) is 0 Å². The normalized spacial score (nSPS) is 15.9. The molecule has 1 aromatic heterocycles. The number of anilines is 1. The smallest absolute Gasteiger partial charge is 0.224 e. The topological polar surface area (TPSA) is 46.1 Å². The molecule has 2 heterocycles. The summed E-state index contributed by atoms with van der Waals surface area (Å²) < 4.78 is 0. The minimum Gasteiger partial charge on any atom is -0.356 e. The highest BCUT2D eigenvalue weighted by Crippen LogP contribution is 2.27. The number of aromatic nitrogens is 2. The van der Waals surface area contributed by atoms with E-state index in [4.69, 9.17) is 11.6 Å². The van der Waals surface area contributed by atoms with E-state index in [9.17, 15) is 4.79 Å². The Labute approximate surface area is 128 Å². The average Bonchev–Trinajstić information content (AvgIpc) is 2.47. The van der Waals surface area contributed by atoms with Crippen molar-refractivity contribution in [2.45, 2.75) is 12.8 Å². The summed E-state index contributed by atoms with van der Waals surface area (Å²) in [6.07, 6.45) is 3.18. The molecule has 3 rings (SSSR count). The molecule has 1 aliphatic rings. The minimum absolute atomic E-state index is 0. The molecular weight excluding hydrogens is 297 g/mol. The van der Waals surface area contributed by atoms with Crippen LogP contribution in [0.4, 0.5) is 5.82 Å². The summed E-state index contributed by atoms with van der Waals surface area (Å²) in [6, 6.07) is 7.97. The van der Waals surface area contributed by atoms with E-state index in [0.717, 1.165) is 42.7 Å². The van der Waals surface area contributed by atoms with Gasteiger partial charge in [0.25, 0.3) is 0 Å². The molecular formula is C14H15Cl2N3O. The lowest BCUT2D eigenvalue weighted by Gasteiger charge is -2.31. The van der Waals surface area contributed by atoms with E-state index in [1.165, 1.54) is 0 Å². The molecule has 0 aliphatic carbocycles. The summed E-state index contributed by atoms with van der Waals surface area (Å²) in [5.74, 6) is 0.942. The van der Waals surface area contributed by atoms with E-state index in [2.05, 4.69) is 14.9 Å². The Morgan fingerprint density at radius 1 is 1.20 bits per heavy atom. The summed E-state index contributed by atoms with van der Waals surface area (Å²) in [5, 5.41) is 0.841. The second-order valence-electron chi connectivity index (χ2n) is 4.78. The molecule has 0 radical (unpaired) electrons. The number of benzene rings is 1. The number of halogens is 2. The largest absolute Gasteiger partial charge is 0.356 e.